The number of nitrogens with one attached hydrogen (secondary N) is 1. The van der Waals surface area contributed by atoms with E-state index in [0.717, 1.165) is 25.4 Å². The summed E-state index contributed by atoms with van der Waals surface area (Å²) in [7, 11) is 0. The fraction of sp³-hybridized carbons (Fsp3) is 0.733. The first-order valence-electron chi connectivity index (χ1n) is 7.38. The van der Waals surface area contributed by atoms with Crippen LogP contribution in [0.15, 0.2) is 16.7 Å². The molecule has 0 unspecified atom stereocenters. The monoisotopic (exact) mass is 250 g/mol. The first kappa shape index (κ1) is 13.6. The molecule has 1 aliphatic heterocycles. The Hall–Kier alpha value is -0.800. The molecule has 3 heteroatoms. The maximum Gasteiger partial charge on any atom is 0.122 e. The van der Waals surface area contributed by atoms with Crippen LogP contribution in [0.5, 0.6) is 0 Å². The van der Waals surface area contributed by atoms with Crippen LogP contribution in [0.4, 0.5) is 0 Å². The Balaban J connectivity index is 1.85. The van der Waals surface area contributed by atoms with Gasteiger partial charge in [-0.2, -0.15) is 0 Å². The zero-order valence-electron chi connectivity index (χ0n) is 11.6. The highest BCUT2D eigenvalue weighted by Gasteiger charge is 2.13. The molecule has 1 saturated heterocycles. The minimum atomic E-state index is 0.865. The molecule has 2 heterocycles. The van der Waals surface area contributed by atoms with Gasteiger partial charge in [-0.1, -0.05) is 19.8 Å². The maximum absolute atomic E-state index is 5.59. The molecule has 1 aromatic heterocycles. The highest BCUT2D eigenvalue weighted by molar-refractivity contribution is 5.16. The minimum absolute atomic E-state index is 0.865. The molecule has 1 N–H and O–H groups in total. The Bertz CT molecular complexity index is 327. The smallest absolute Gasteiger partial charge is 0.122 e. The van der Waals surface area contributed by atoms with Gasteiger partial charge >= 0.3 is 0 Å². The molecular weight excluding hydrogens is 224 g/mol. The quantitative estimate of drug-likeness (QED) is 0.786. The molecule has 18 heavy (non-hydrogen) atoms. The summed E-state index contributed by atoms with van der Waals surface area (Å²) in [6, 6.07) is 2.13. The molecule has 0 saturated carbocycles. The van der Waals surface area contributed by atoms with Gasteiger partial charge in [-0.25, -0.2) is 0 Å². The Morgan fingerprint density at radius 2 is 2.00 bits per heavy atom. The second-order valence-electron chi connectivity index (χ2n) is 5.24. The predicted octanol–water partition coefficient (Wildman–Crippen LogP) is 3.16. The van der Waals surface area contributed by atoms with E-state index in [1.165, 1.54) is 50.8 Å². The van der Waals surface area contributed by atoms with Crippen molar-refractivity contribution in [2.45, 2.75) is 52.1 Å². The molecule has 0 radical (unpaired) electrons. The average molecular weight is 250 g/mol. The number of furan rings is 1. The van der Waals surface area contributed by atoms with Crippen LogP contribution >= 0.6 is 0 Å². The van der Waals surface area contributed by atoms with Gasteiger partial charge in [-0.05, 0) is 45.0 Å². The summed E-state index contributed by atoms with van der Waals surface area (Å²) in [5.74, 6) is 1.12. The normalized spacial score (nSPS) is 17.8. The lowest BCUT2D eigenvalue weighted by Gasteiger charge is -2.19. The molecule has 0 aromatic carbocycles. The van der Waals surface area contributed by atoms with E-state index in [-0.39, 0.29) is 0 Å². The molecule has 1 aliphatic rings. The van der Waals surface area contributed by atoms with Crippen molar-refractivity contribution >= 4 is 0 Å². The molecule has 0 bridgehead atoms. The van der Waals surface area contributed by atoms with Crippen molar-refractivity contribution in [3.05, 3.63) is 23.7 Å². The van der Waals surface area contributed by atoms with Crippen LogP contribution in [-0.4, -0.2) is 24.5 Å². The predicted molar refractivity (Wildman–Crippen MR) is 74.5 cm³/mol. The Kier molecular flexibility index (Phi) is 5.75. The van der Waals surface area contributed by atoms with E-state index in [1.54, 1.807) is 0 Å². The number of hydrogen-bond acceptors (Lipinski definition) is 3. The lowest BCUT2D eigenvalue weighted by Crippen LogP contribution is -2.24. The van der Waals surface area contributed by atoms with E-state index < -0.39 is 0 Å². The van der Waals surface area contributed by atoms with Gasteiger partial charge in [0.2, 0.25) is 0 Å². The fourth-order valence-electron chi connectivity index (χ4n) is 2.58. The first-order chi connectivity index (χ1) is 8.90. The van der Waals surface area contributed by atoms with Gasteiger partial charge in [0.25, 0.3) is 0 Å². The van der Waals surface area contributed by atoms with E-state index in [2.05, 4.69) is 23.2 Å². The molecule has 0 aliphatic carbocycles. The molecule has 0 atom stereocenters. The third kappa shape index (κ3) is 4.14. The minimum Gasteiger partial charge on any atom is -0.468 e. The van der Waals surface area contributed by atoms with E-state index in [1.807, 2.05) is 6.26 Å². The highest BCUT2D eigenvalue weighted by Crippen LogP contribution is 2.17. The standard InChI is InChI=1S/C15H26N2O/c1-2-8-16-12-15-14(7-11-18-15)13-17-9-5-3-4-6-10-17/h7,11,16H,2-6,8-10,12-13H2,1H3. The molecule has 0 amide bonds. The molecular formula is C15H26N2O. The molecule has 1 fully saturated rings. The second-order valence-corrected chi connectivity index (χ2v) is 5.24. The largest absolute Gasteiger partial charge is 0.468 e. The van der Waals surface area contributed by atoms with E-state index >= 15 is 0 Å². The van der Waals surface area contributed by atoms with Gasteiger partial charge in [0.1, 0.15) is 5.76 Å². The first-order valence-corrected chi connectivity index (χ1v) is 7.38. The summed E-state index contributed by atoms with van der Waals surface area (Å²) in [5.41, 5.74) is 1.36. The molecule has 102 valence electrons. The molecule has 3 nitrogen and oxygen atoms in total. The van der Waals surface area contributed by atoms with Crippen LogP contribution in [0.25, 0.3) is 0 Å². The van der Waals surface area contributed by atoms with Gasteiger partial charge in [-0.3, -0.25) is 4.90 Å². The van der Waals surface area contributed by atoms with Crippen LogP contribution in [-0.2, 0) is 13.1 Å². The molecule has 0 spiro atoms. The topological polar surface area (TPSA) is 28.4 Å². The second kappa shape index (κ2) is 7.59. The summed E-state index contributed by atoms with van der Waals surface area (Å²) in [5, 5.41) is 3.42. The van der Waals surface area contributed by atoms with E-state index in [0.29, 0.717) is 0 Å². The zero-order valence-corrected chi connectivity index (χ0v) is 11.6. The summed E-state index contributed by atoms with van der Waals surface area (Å²) < 4.78 is 5.59. The van der Waals surface area contributed by atoms with Crippen molar-refractivity contribution in [2.24, 2.45) is 0 Å². The van der Waals surface area contributed by atoms with Crippen molar-refractivity contribution in [3.63, 3.8) is 0 Å². The summed E-state index contributed by atoms with van der Waals surface area (Å²) in [6.07, 6.45) is 8.49. The van der Waals surface area contributed by atoms with Crippen molar-refractivity contribution in [3.8, 4) is 0 Å². The Morgan fingerprint density at radius 1 is 1.22 bits per heavy atom. The lowest BCUT2D eigenvalue weighted by atomic mass is 10.2. The number of rotatable bonds is 6. The maximum atomic E-state index is 5.59. The third-order valence-corrected chi connectivity index (χ3v) is 3.64. The van der Waals surface area contributed by atoms with Gasteiger partial charge in [0.05, 0.1) is 12.8 Å². The number of likely N-dealkylation sites (tertiary alicyclic amines) is 1. The van der Waals surface area contributed by atoms with Crippen LogP contribution in [0, 0.1) is 0 Å². The van der Waals surface area contributed by atoms with Crippen LogP contribution in [0.2, 0.25) is 0 Å². The van der Waals surface area contributed by atoms with E-state index in [9.17, 15) is 0 Å². The lowest BCUT2D eigenvalue weighted by molar-refractivity contribution is 0.274. The summed E-state index contributed by atoms with van der Waals surface area (Å²) >= 11 is 0. The Labute approximate surface area is 111 Å². The van der Waals surface area contributed by atoms with Gasteiger partial charge in [0, 0.05) is 12.1 Å². The van der Waals surface area contributed by atoms with Crippen LogP contribution < -0.4 is 5.32 Å². The van der Waals surface area contributed by atoms with E-state index in [4.69, 9.17) is 4.42 Å². The number of nitrogens with zero attached hydrogens (tertiary/aromatic N) is 1. The van der Waals surface area contributed by atoms with Crippen molar-refractivity contribution in [1.82, 2.24) is 10.2 Å². The Morgan fingerprint density at radius 3 is 2.72 bits per heavy atom. The molecule has 1 aromatic rings. The zero-order chi connectivity index (χ0) is 12.6. The van der Waals surface area contributed by atoms with Crippen LogP contribution in [0.3, 0.4) is 0 Å². The van der Waals surface area contributed by atoms with Gasteiger partial charge in [0.15, 0.2) is 0 Å². The van der Waals surface area contributed by atoms with Crippen molar-refractivity contribution < 1.29 is 4.42 Å². The fourth-order valence-corrected chi connectivity index (χ4v) is 2.58. The summed E-state index contributed by atoms with van der Waals surface area (Å²) in [6.45, 7) is 7.65. The molecule has 2 rings (SSSR count). The number of hydrogen-bond donors (Lipinski definition) is 1. The summed E-state index contributed by atoms with van der Waals surface area (Å²) in [4.78, 5) is 2.57. The average Bonchev–Trinajstić information content (AvgIpc) is 2.65. The SMILES string of the molecule is CCCNCc1occc1CN1CCCCCC1. The van der Waals surface area contributed by atoms with Gasteiger partial charge in [-0.15, -0.1) is 0 Å². The van der Waals surface area contributed by atoms with Crippen molar-refractivity contribution in [1.29, 1.82) is 0 Å². The highest BCUT2D eigenvalue weighted by atomic mass is 16.3. The van der Waals surface area contributed by atoms with Crippen LogP contribution in [0.1, 0.15) is 50.4 Å². The van der Waals surface area contributed by atoms with Gasteiger partial charge < -0.3 is 9.73 Å². The van der Waals surface area contributed by atoms with Crippen molar-refractivity contribution in [2.75, 3.05) is 19.6 Å². The third-order valence-electron chi connectivity index (χ3n) is 3.64.